The second kappa shape index (κ2) is 5.93. The highest BCUT2D eigenvalue weighted by atomic mass is 35.5. The van der Waals surface area contributed by atoms with Gasteiger partial charge in [-0.1, -0.05) is 24.3 Å². The largest absolute Gasteiger partial charge is 0.332 e. The van der Waals surface area contributed by atoms with E-state index in [1.807, 2.05) is 7.05 Å². The van der Waals surface area contributed by atoms with Crippen LogP contribution in [0.1, 0.15) is 36.4 Å². The molecule has 0 heterocycles. The summed E-state index contributed by atoms with van der Waals surface area (Å²) in [5, 5.41) is 2.99. The van der Waals surface area contributed by atoms with Gasteiger partial charge < -0.3 is 10.2 Å². The maximum absolute atomic E-state index is 12.3. The van der Waals surface area contributed by atoms with E-state index in [1.165, 1.54) is 24.0 Å². The fraction of sp³-hybridized carbons (Fsp3) is 0.533. The molecule has 0 radical (unpaired) electrons. The van der Waals surface area contributed by atoms with Gasteiger partial charge >= 0.3 is 0 Å². The number of halogens is 1. The number of nitrogens with zero attached hydrogens (tertiary/aromatic N) is 1. The molecule has 2 aliphatic carbocycles. The molecule has 0 aliphatic heterocycles. The van der Waals surface area contributed by atoms with Crippen molar-refractivity contribution in [2.24, 2.45) is 0 Å². The molecular weight excluding hydrogens is 260 g/mol. The topological polar surface area (TPSA) is 32.3 Å². The van der Waals surface area contributed by atoms with Crippen molar-refractivity contribution in [2.75, 3.05) is 13.6 Å². The zero-order valence-corrected chi connectivity index (χ0v) is 12.1. The Labute approximate surface area is 120 Å². The highest BCUT2D eigenvalue weighted by Crippen LogP contribution is 2.41. The molecule has 1 unspecified atom stereocenters. The van der Waals surface area contributed by atoms with Crippen LogP contribution < -0.4 is 5.32 Å². The van der Waals surface area contributed by atoms with E-state index in [2.05, 4.69) is 34.5 Å². The number of nitrogens with one attached hydrogen (secondary N) is 1. The minimum absolute atomic E-state index is 0. The molecule has 0 bridgehead atoms. The summed E-state index contributed by atoms with van der Waals surface area (Å²) in [7, 11) is 1.84. The quantitative estimate of drug-likeness (QED) is 0.918. The number of carbonyl (C=O) groups excluding carboxylic acids is 1. The summed E-state index contributed by atoms with van der Waals surface area (Å²) in [5.41, 5.74) is 2.79. The van der Waals surface area contributed by atoms with E-state index in [4.69, 9.17) is 0 Å². The van der Waals surface area contributed by atoms with Crippen molar-refractivity contribution in [3.63, 3.8) is 0 Å². The van der Waals surface area contributed by atoms with Gasteiger partial charge in [-0.15, -0.1) is 12.4 Å². The van der Waals surface area contributed by atoms with Crippen LogP contribution in [0.25, 0.3) is 0 Å². The summed E-state index contributed by atoms with van der Waals surface area (Å²) >= 11 is 0. The number of hydrogen-bond donors (Lipinski definition) is 1. The lowest BCUT2D eigenvalue weighted by Crippen LogP contribution is -2.40. The molecule has 1 saturated carbocycles. The standard InChI is InChI=1S/C15H20N2O.ClH/c1-16-10-15(18)17(12-7-8-12)14-9-6-11-4-2-3-5-13(11)14;/h2-5,12,14,16H,6-10H2,1H3;1H. The molecule has 1 atom stereocenters. The molecule has 104 valence electrons. The number of aryl methyl sites for hydroxylation is 1. The Kier molecular flexibility index (Phi) is 4.48. The molecule has 1 aromatic carbocycles. The second-order valence-electron chi connectivity index (χ2n) is 5.32. The lowest BCUT2D eigenvalue weighted by molar-refractivity contribution is -0.133. The van der Waals surface area contributed by atoms with Crippen molar-refractivity contribution >= 4 is 18.3 Å². The fourth-order valence-electron chi connectivity index (χ4n) is 3.05. The normalized spacial score (nSPS) is 20.6. The van der Waals surface area contributed by atoms with Crippen LogP contribution in [0, 0.1) is 0 Å². The highest BCUT2D eigenvalue weighted by Gasteiger charge is 2.39. The lowest BCUT2D eigenvalue weighted by atomic mass is 10.1. The van der Waals surface area contributed by atoms with Crippen molar-refractivity contribution < 1.29 is 4.79 Å². The van der Waals surface area contributed by atoms with Crippen molar-refractivity contribution in [3.8, 4) is 0 Å². The molecule has 1 amide bonds. The number of likely N-dealkylation sites (N-methyl/N-ethyl adjacent to an activating group) is 1. The number of amides is 1. The van der Waals surface area contributed by atoms with Crippen molar-refractivity contribution in [3.05, 3.63) is 35.4 Å². The first kappa shape index (κ1) is 14.4. The molecular formula is C15H21ClN2O. The molecule has 19 heavy (non-hydrogen) atoms. The molecule has 1 N–H and O–H groups in total. The van der Waals surface area contributed by atoms with Crippen LogP contribution >= 0.6 is 12.4 Å². The van der Waals surface area contributed by atoms with Gasteiger partial charge in [0.25, 0.3) is 0 Å². The smallest absolute Gasteiger partial charge is 0.237 e. The molecule has 0 aromatic heterocycles. The zero-order valence-electron chi connectivity index (χ0n) is 11.3. The van der Waals surface area contributed by atoms with Gasteiger partial charge in [-0.05, 0) is 43.9 Å². The number of benzene rings is 1. The summed E-state index contributed by atoms with van der Waals surface area (Å²) in [6, 6.07) is 9.37. The van der Waals surface area contributed by atoms with Gasteiger partial charge in [-0.2, -0.15) is 0 Å². The third-order valence-corrected chi connectivity index (χ3v) is 3.99. The number of rotatable bonds is 4. The van der Waals surface area contributed by atoms with Crippen LogP contribution in [-0.4, -0.2) is 30.4 Å². The Morgan fingerprint density at radius 2 is 2.05 bits per heavy atom. The molecule has 0 spiro atoms. The van der Waals surface area contributed by atoms with Gasteiger partial charge in [0.05, 0.1) is 12.6 Å². The predicted octanol–water partition coefficient (Wildman–Crippen LogP) is 2.31. The highest BCUT2D eigenvalue weighted by molar-refractivity contribution is 5.85. The fourth-order valence-corrected chi connectivity index (χ4v) is 3.05. The molecule has 3 rings (SSSR count). The Balaban J connectivity index is 0.00000133. The lowest BCUT2D eigenvalue weighted by Gasteiger charge is -2.30. The number of hydrogen-bond acceptors (Lipinski definition) is 2. The summed E-state index contributed by atoms with van der Waals surface area (Å²) in [5.74, 6) is 0.252. The Morgan fingerprint density at radius 3 is 2.74 bits per heavy atom. The van der Waals surface area contributed by atoms with Crippen molar-refractivity contribution in [2.45, 2.75) is 37.8 Å². The van der Waals surface area contributed by atoms with E-state index in [-0.39, 0.29) is 18.3 Å². The van der Waals surface area contributed by atoms with E-state index in [0.717, 1.165) is 12.8 Å². The maximum atomic E-state index is 12.3. The van der Waals surface area contributed by atoms with Crippen LogP contribution in [0.4, 0.5) is 0 Å². The molecule has 1 aromatic rings. The van der Waals surface area contributed by atoms with E-state index >= 15 is 0 Å². The van der Waals surface area contributed by atoms with Crippen LogP contribution in [-0.2, 0) is 11.2 Å². The first-order valence-corrected chi connectivity index (χ1v) is 6.85. The SMILES string of the molecule is CNCC(=O)N(C1CC1)C1CCc2ccccc21.Cl. The molecule has 1 fully saturated rings. The summed E-state index contributed by atoms with van der Waals surface area (Å²) in [6.45, 7) is 0.454. The summed E-state index contributed by atoms with van der Waals surface area (Å²) in [6.07, 6.45) is 4.55. The van der Waals surface area contributed by atoms with Gasteiger partial charge in [0.1, 0.15) is 0 Å². The Bertz CT molecular complexity index is 459. The third kappa shape index (κ3) is 2.77. The Hall–Kier alpha value is -1.06. The number of carbonyl (C=O) groups is 1. The van der Waals surface area contributed by atoms with Crippen LogP contribution in [0.3, 0.4) is 0 Å². The predicted molar refractivity (Wildman–Crippen MR) is 78.5 cm³/mol. The second-order valence-corrected chi connectivity index (χ2v) is 5.32. The number of fused-ring (bicyclic) bond motifs is 1. The van der Waals surface area contributed by atoms with E-state index < -0.39 is 0 Å². The molecule has 0 saturated heterocycles. The van der Waals surface area contributed by atoms with Crippen LogP contribution in [0.2, 0.25) is 0 Å². The summed E-state index contributed by atoms with van der Waals surface area (Å²) in [4.78, 5) is 14.4. The third-order valence-electron chi connectivity index (χ3n) is 3.99. The maximum Gasteiger partial charge on any atom is 0.237 e. The molecule has 4 heteroatoms. The average molecular weight is 281 g/mol. The molecule has 2 aliphatic rings. The Morgan fingerprint density at radius 1 is 1.32 bits per heavy atom. The first-order valence-electron chi connectivity index (χ1n) is 6.85. The van der Waals surface area contributed by atoms with Gasteiger partial charge in [0, 0.05) is 6.04 Å². The van der Waals surface area contributed by atoms with Crippen molar-refractivity contribution in [1.82, 2.24) is 10.2 Å². The van der Waals surface area contributed by atoms with Gasteiger partial charge in [-0.3, -0.25) is 4.79 Å². The summed E-state index contributed by atoms with van der Waals surface area (Å²) < 4.78 is 0. The van der Waals surface area contributed by atoms with Gasteiger partial charge in [-0.25, -0.2) is 0 Å². The van der Waals surface area contributed by atoms with Crippen LogP contribution in [0.5, 0.6) is 0 Å². The van der Waals surface area contributed by atoms with Gasteiger partial charge in [0.15, 0.2) is 0 Å². The van der Waals surface area contributed by atoms with E-state index in [0.29, 0.717) is 18.6 Å². The minimum Gasteiger partial charge on any atom is -0.332 e. The minimum atomic E-state index is 0. The van der Waals surface area contributed by atoms with E-state index in [9.17, 15) is 4.79 Å². The average Bonchev–Trinajstić information content (AvgIpc) is 3.11. The van der Waals surface area contributed by atoms with Crippen molar-refractivity contribution in [1.29, 1.82) is 0 Å². The zero-order chi connectivity index (χ0) is 12.5. The van der Waals surface area contributed by atoms with Crippen LogP contribution in [0.15, 0.2) is 24.3 Å². The monoisotopic (exact) mass is 280 g/mol. The molecule has 3 nitrogen and oxygen atoms in total. The van der Waals surface area contributed by atoms with E-state index in [1.54, 1.807) is 0 Å². The van der Waals surface area contributed by atoms with Gasteiger partial charge in [0.2, 0.25) is 5.91 Å². The first-order chi connectivity index (χ1) is 8.81.